The van der Waals surface area contributed by atoms with Crippen molar-refractivity contribution in [2.45, 2.75) is 45.1 Å². The maximum absolute atomic E-state index is 13.6. The third-order valence-corrected chi connectivity index (χ3v) is 7.82. The van der Waals surface area contributed by atoms with Crippen LogP contribution in [0.3, 0.4) is 0 Å². The van der Waals surface area contributed by atoms with Crippen molar-refractivity contribution in [1.29, 1.82) is 0 Å². The van der Waals surface area contributed by atoms with Crippen LogP contribution < -0.4 is 4.74 Å². The van der Waals surface area contributed by atoms with E-state index in [9.17, 15) is 9.90 Å². The van der Waals surface area contributed by atoms with Crippen molar-refractivity contribution in [2.24, 2.45) is 5.41 Å². The van der Waals surface area contributed by atoms with Crippen LogP contribution in [0, 0.1) is 5.41 Å². The van der Waals surface area contributed by atoms with Crippen molar-refractivity contribution in [3.05, 3.63) is 53.3 Å². The molecular formula is C24H27N3O3. The number of rotatable bonds is 2. The summed E-state index contributed by atoms with van der Waals surface area (Å²) in [5.41, 5.74) is 4.48. The van der Waals surface area contributed by atoms with Gasteiger partial charge in [-0.05, 0) is 59.7 Å². The van der Waals surface area contributed by atoms with Crippen LogP contribution in [0.5, 0.6) is 11.5 Å². The highest BCUT2D eigenvalue weighted by atomic mass is 16.5. The molecule has 5 rings (SSSR count). The zero-order valence-corrected chi connectivity index (χ0v) is 17.8. The fraction of sp³-hybridized carbons (Fsp3) is 0.417. The van der Waals surface area contributed by atoms with Crippen molar-refractivity contribution in [2.75, 3.05) is 13.7 Å². The Bertz CT molecular complexity index is 1170. The molecular weight excluding hydrogens is 378 g/mol. The van der Waals surface area contributed by atoms with Crippen LogP contribution in [-0.4, -0.2) is 45.6 Å². The molecule has 1 saturated heterocycles. The van der Waals surface area contributed by atoms with Crippen LogP contribution in [0.1, 0.15) is 48.7 Å². The van der Waals surface area contributed by atoms with Crippen LogP contribution in [0.4, 0.5) is 0 Å². The second-order valence-electron chi connectivity index (χ2n) is 9.34. The Hall–Kier alpha value is -3.02. The highest BCUT2D eigenvalue weighted by Gasteiger charge is 2.57. The number of methoxy groups -OCH3 is 1. The van der Waals surface area contributed by atoms with Crippen molar-refractivity contribution in [3.63, 3.8) is 0 Å². The molecule has 0 saturated carbocycles. The van der Waals surface area contributed by atoms with Crippen molar-refractivity contribution in [3.8, 4) is 11.5 Å². The number of amides is 1. The van der Waals surface area contributed by atoms with Crippen molar-refractivity contribution < 1.29 is 14.6 Å². The number of nitrogens with zero attached hydrogens (tertiary/aromatic N) is 2. The normalized spacial score (nSPS) is 24.5. The van der Waals surface area contributed by atoms with Gasteiger partial charge in [0.25, 0.3) is 5.91 Å². The number of likely N-dealkylation sites (tertiary alicyclic amines) is 1. The summed E-state index contributed by atoms with van der Waals surface area (Å²) in [6, 6.07) is 9.49. The van der Waals surface area contributed by atoms with Gasteiger partial charge >= 0.3 is 0 Å². The molecule has 2 N–H and O–H groups in total. The molecule has 3 aromatic rings. The first kappa shape index (κ1) is 19.0. The van der Waals surface area contributed by atoms with Gasteiger partial charge in [0.05, 0.1) is 24.5 Å². The highest BCUT2D eigenvalue weighted by Crippen LogP contribution is 2.57. The smallest absolute Gasteiger partial charge is 0.254 e. The third kappa shape index (κ3) is 2.42. The fourth-order valence-electron chi connectivity index (χ4n) is 5.57. The summed E-state index contributed by atoms with van der Waals surface area (Å²) in [7, 11) is 1.58. The van der Waals surface area contributed by atoms with Crippen LogP contribution in [0.15, 0.2) is 36.7 Å². The molecule has 2 atom stereocenters. The highest BCUT2D eigenvalue weighted by molar-refractivity contribution is 5.97. The predicted molar refractivity (Wildman–Crippen MR) is 115 cm³/mol. The van der Waals surface area contributed by atoms with E-state index < -0.39 is 0 Å². The van der Waals surface area contributed by atoms with Crippen molar-refractivity contribution in [1.82, 2.24) is 14.9 Å². The number of carbonyl (C=O) groups excluding carboxylic acids is 1. The Kier molecular flexibility index (Phi) is 3.95. The summed E-state index contributed by atoms with van der Waals surface area (Å²) in [5, 5.41) is 10.4. The van der Waals surface area contributed by atoms with E-state index in [0.29, 0.717) is 24.3 Å². The summed E-state index contributed by atoms with van der Waals surface area (Å²) in [5.74, 6) is 0.712. The number of phenolic OH excluding ortho intramolecular Hbond substituents is 1. The molecule has 2 aromatic carbocycles. The lowest BCUT2D eigenvalue weighted by molar-refractivity contribution is -0.0263. The van der Waals surface area contributed by atoms with Gasteiger partial charge in [0.15, 0.2) is 11.5 Å². The van der Waals surface area contributed by atoms with Gasteiger partial charge in [-0.25, -0.2) is 4.98 Å². The molecule has 1 fully saturated rings. The molecule has 2 heterocycles. The maximum atomic E-state index is 13.6. The fourth-order valence-corrected chi connectivity index (χ4v) is 5.57. The molecule has 0 radical (unpaired) electrons. The number of hydrogen-bond acceptors (Lipinski definition) is 4. The zero-order valence-electron chi connectivity index (χ0n) is 17.8. The average molecular weight is 405 g/mol. The number of aromatic amines is 1. The first-order valence-electron chi connectivity index (χ1n) is 10.4. The molecule has 1 aliphatic heterocycles. The van der Waals surface area contributed by atoms with E-state index >= 15 is 0 Å². The summed E-state index contributed by atoms with van der Waals surface area (Å²) in [4.78, 5) is 22.9. The molecule has 0 spiro atoms. The van der Waals surface area contributed by atoms with Crippen LogP contribution >= 0.6 is 0 Å². The number of H-pyrrole nitrogens is 1. The minimum atomic E-state index is -0.131. The van der Waals surface area contributed by atoms with Gasteiger partial charge in [-0.1, -0.05) is 20.8 Å². The monoisotopic (exact) mass is 405 g/mol. The van der Waals surface area contributed by atoms with Gasteiger partial charge in [0.2, 0.25) is 0 Å². The Morgan fingerprint density at radius 1 is 1.27 bits per heavy atom. The Labute approximate surface area is 175 Å². The molecule has 6 heteroatoms. The number of aromatic hydroxyl groups is 1. The first-order chi connectivity index (χ1) is 14.3. The minimum Gasteiger partial charge on any atom is -0.504 e. The molecule has 2 bridgehead atoms. The lowest BCUT2D eigenvalue weighted by atomic mass is 9.51. The summed E-state index contributed by atoms with van der Waals surface area (Å²) in [6.07, 6.45) is 3.22. The van der Waals surface area contributed by atoms with Crippen LogP contribution in [0.25, 0.3) is 11.0 Å². The van der Waals surface area contributed by atoms with Gasteiger partial charge in [0, 0.05) is 23.6 Å². The average Bonchev–Trinajstić information content (AvgIpc) is 3.18. The van der Waals surface area contributed by atoms with E-state index in [2.05, 4.69) is 30.7 Å². The molecule has 1 amide bonds. The number of aromatic nitrogens is 2. The van der Waals surface area contributed by atoms with Crippen LogP contribution in [-0.2, 0) is 11.8 Å². The van der Waals surface area contributed by atoms with E-state index in [1.54, 1.807) is 13.4 Å². The molecule has 2 aliphatic rings. The predicted octanol–water partition coefficient (Wildman–Crippen LogP) is 4.03. The Morgan fingerprint density at radius 3 is 2.83 bits per heavy atom. The SMILES string of the molecule is COc1cc2c(cc1O)CC1N(C(=O)c3ccc4nc[nH]c4c3)CCC2(C)C1(C)C. The van der Waals surface area contributed by atoms with E-state index in [1.165, 1.54) is 5.56 Å². The number of phenols is 1. The number of carbonyl (C=O) groups is 1. The second kappa shape index (κ2) is 6.24. The summed E-state index contributed by atoms with van der Waals surface area (Å²) < 4.78 is 5.38. The topological polar surface area (TPSA) is 78.5 Å². The number of fused-ring (bicyclic) bond motifs is 5. The number of benzene rings is 2. The first-order valence-corrected chi connectivity index (χ1v) is 10.4. The second-order valence-corrected chi connectivity index (χ2v) is 9.34. The standard InChI is InChI=1S/C24H27N3O3/c1-23(2)21-11-15-10-19(28)20(30-4)12-16(15)24(23,3)7-8-27(21)22(29)14-5-6-17-18(9-14)26-13-25-17/h5-6,9-10,12-13,21,28H,7-8,11H2,1-4H3,(H,25,26). The van der Waals surface area contributed by atoms with E-state index in [0.717, 1.165) is 23.0 Å². The number of ether oxygens (including phenoxy) is 1. The molecule has 6 nitrogen and oxygen atoms in total. The largest absolute Gasteiger partial charge is 0.504 e. The molecule has 1 aromatic heterocycles. The van der Waals surface area contributed by atoms with Gasteiger partial charge in [0.1, 0.15) is 0 Å². The molecule has 156 valence electrons. The lowest BCUT2D eigenvalue weighted by Gasteiger charge is -2.60. The maximum Gasteiger partial charge on any atom is 0.254 e. The minimum absolute atomic E-state index is 0.0431. The number of imidazole rings is 1. The number of hydrogen-bond donors (Lipinski definition) is 2. The molecule has 1 aliphatic carbocycles. The van der Waals surface area contributed by atoms with Gasteiger partial charge in [-0.2, -0.15) is 0 Å². The van der Waals surface area contributed by atoms with Gasteiger partial charge in [-0.15, -0.1) is 0 Å². The van der Waals surface area contributed by atoms with Crippen molar-refractivity contribution >= 4 is 16.9 Å². The van der Waals surface area contributed by atoms with Gasteiger partial charge in [-0.3, -0.25) is 4.79 Å². The number of nitrogens with one attached hydrogen (secondary N) is 1. The molecule has 30 heavy (non-hydrogen) atoms. The van der Waals surface area contributed by atoms with Gasteiger partial charge < -0.3 is 19.7 Å². The Balaban J connectivity index is 1.57. The summed E-state index contributed by atoms with van der Waals surface area (Å²) in [6.45, 7) is 7.51. The van der Waals surface area contributed by atoms with E-state index in [-0.39, 0.29) is 28.5 Å². The molecule has 2 unspecified atom stereocenters. The van der Waals surface area contributed by atoms with E-state index in [1.807, 2.05) is 35.2 Å². The third-order valence-electron chi connectivity index (χ3n) is 7.82. The summed E-state index contributed by atoms with van der Waals surface area (Å²) >= 11 is 0. The zero-order chi connectivity index (χ0) is 21.3. The number of piperidine rings is 1. The Morgan fingerprint density at radius 2 is 2.07 bits per heavy atom. The lowest BCUT2D eigenvalue weighted by Crippen LogP contribution is -2.64. The van der Waals surface area contributed by atoms with Crippen LogP contribution in [0.2, 0.25) is 0 Å². The quantitative estimate of drug-likeness (QED) is 0.675. The van der Waals surface area contributed by atoms with E-state index in [4.69, 9.17) is 4.74 Å².